The molecule has 44 valence electrons. The highest BCUT2D eigenvalue weighted by molar-refractivity contribution is 8.00. The Morgan fingerprint density at radius 1 is 1.75 bits per heavy atom. The first-order chi connectivity index (χ1) is 3.80. The molecular formula is C5H8N2S. The molecule has 0 aromatic rings. The van der Waals surface area contributed by atoms with E-state index in [1.807, 2.05) is 28.9 Å². The third-order valence-corrected chi connectivity index (χ3v) is 1.73. The Kier molecular flexibility index (Phi) is 1.48. The molecule has 0 bridgehead atoms. The van der Waals surface area contributed by atoms with Gasteiger partial charge in [0.15, 0.2) is 0 Å². The Morgan fingerprint density at radius 3 is 2.88 bits per heavy atom. The van der Waals surface area contributed by atoms with Crippen molar-refractivity contribution in [2.24, 2.45) is 5.73 Å². The molecule has 2 N–H and O–H groups in total. The number of hydrogen-bond donors (Lipinski definition) is 1. The third-order valence-electron chi connectivity index (χ3n) is 0.928. The number of hydrogen-bond acceptors (Lipinski definition) is 3. The standard InChI is InChI=1S/C5H8N2S/c1-7-5(6)3-2-4-8-7/h2-4H,6H2,1H3. The van der Waals surface area contributed by atoms with Gasteiger partial charge >= 0.3 is 0 Å². The third kappa shape index (κ3) is 0.980. The molecular weight excluding hydrogens is 120 g/mol. The SMILES string of the molecule is CN1SC=CC=C1N. The molecule has 3 heteroatoms. The van der Waals surface area contributed by atoms with Gasteiger partial charge in [-0.15, -0.1) is 0 Å². The van der Waals surface area contributed by atoms with Crippen molar-refractivity contribution in [2.75, 3.05) is 7.05 Å². The van der Waals surface area contributed by atoms with Crippen molar-refractivity contribution >= 4 is 11.9 Å². The summed E-state index contributed by atoms with van der Waals surface area (Å²) < 4.78 is 1.90. The van der Waals surface area contributed by atoms with E-state index in [0.29, 0.717) is 0 Å². The summed E-state index contributed by atoms with van der Waals surface area (Å²) in [5.74, 6) is 0.803. The van der Waals surface area contributed by atoms with Crippen molar-refractivity contribution in [3.63, 3.8) is 0 Å². The Balaban J connectivity index is 2.66. The fraction of sp³-hybridized carbons (Fsp3) is 0.200. The highest BCUT2D eigenvalue weighted by atomic mass is 32.2. The molecule has 0 aliphatic carbocycles. The van der Waals surface area contributed by atoms with Gasteiger partial charge in [0.05, 0.1) is 0 Å². The molecule has 0 aromatic heterocycles. The molecule has 0 spiro atoms. The molecule has 0 radical (unpaired) electrons. The Labute approximate surface area is 53.2 Å². The maximum Gasteiger partial charge on any atom is 0.109 e. The van der Waals surface area contributed by atoms with E-state index in [1.165, 1.54) is 0 Å². The van der Waals surface area contributed by atoms with Gasteiger partial charge in [0.1, 0.15) is 5.82 Å². The van der Waals surface area contributed by atoms with E-state index < -0.39 is 0 Å². The van der Waals surface area contributed by atoms with E-state index in [4.69, 9.17) is 5.73 Å². The van der Waals surface area contributed by atoms with Crippen LogP contribution in [0, 0.1) is 0 Å². The van der Waals surface area contributed by atoms with Crippen LogP contribution in [0.25, 0.3) is 0 Å². The minimum Gasteiger partial charge on any atom is -0.385 e. The maximum atomic E-state index is 5.49. The van der Waals surface area contributed by atoms with Crippen LogP contribution in [0.5, 0.6) is 0 Å². The van der Waals surface area contributed by atoms with Crippen LogP contribution in [-0.4, -0.2) is 11.4 Å². The smallest absolute Gasteiger partial charge is 0.109 e. The predicted molar refractivity (Wildman–Crippen MR) is 36.8 cm³/mol. The fourth-order valence-corrected chi connectivity index (χ4v) is 0.944. The predicted octanol–water partition coefficient (Wildman–Crippen LogP) is 0.894. The van der Waals surface area contributed by atoms with Gasteiger partial charge in [-0.1, -0.05) is 6.08 Å². The summed E-state index contributed by atoms with van der Waals surface area (Å²) in [7, 11) is 1.93. The second-order valence-electron chi connectivity index (χ2n) is 1.52. The van der Waals surface area contributed by atoms with Crippen LogP contribution in [0.15, 0.2) is 23.4 Å². The van der Waals surface area contributed by atoms with Crippen LogP contribution in [0.3, 0.4) is 0 Å². The Morgan fingerprint density at radius 2 is 2.50 bits per heavy atom. The first-order valence-corrected chi connectivity index (χ1v) is 3.17. The van der Waals surface area contributed by atoms with Crippen LogP contribution < -0.4 is 5.73 Å². The monoisotopic (exact) mass is 128 g/mol. The largest absolute Gasteiger partial charge is 0.385 e. The highest BCUT2D eigenvalue weighted by Gasteiger charge is 1.98. The molecule has 0 aromatic carbocycles. The van der Waals surface area contributed by atoms with Crippen LogP contribution in [0.1, 0.15) is 0 Å². The molecule has 1 aliphatic rings. The molecule has 8 heavy (non-hydrogen) atoms. The summed E-state index contributed by atoms with van der Waals surface area (Å²) in [5, 5.41) is 1.98. The van der Waals surface area contributed by atoms with Crippen LogP contribution in [-0.2, 0) is 0 Å². The fourth-order valence-electron chi connectivity index (χ4n) is 0.430. The van der Waals surface area contributed by atoms with Crippen molar-refractivity contribution in [2.45, 2.75) is 0 Å². The lowest BCUT2D eigenvalue weighted by Crippen LogP contribution is -2.16. The highest BCUT2D eigenvalue weighted by Crippen LogP contribution is 2.16. The van der Waals surface area contributed by atoms with Crippen molar-refractivity contribution in [3.05, 3.63) is 23.4 Å². The van der Waals surface area contributed by atoms with E-state index in [-0.39, 0.29) is 0 Å². The van der Waals surface area contributed by atoms with Crippen molar-refractivity contribution < 1.29 is 0 Å². The van der Waals surface area contributed by atoms with Gasteiger partial charge in [0.25, 0.3) is 0 Å². The van der Waals surface area contributed by atoms with E-state index in [9.17, 15) is 0 Å². The van der Waals surface area contributed by atoms with E-state index in [1.54, 1.807) is 11.9 Å². The molecule has 2 nitrogen and oxygen atoms in total. The zero-order chi connectivity index (χ0) is 5.98. The Bertz CT molecular complexity index is 139. The van der Waals surface area contributed by atoms with Crippen molar-refractivity contribution in [3.8, 4) is 0 Å². The lowest BCUT2D eigenvalue weighted by molar-refractivity contribution is 0.692. The topological polar surface area (TPSA) is 29.3 Å². The Hall–Kier alpha value is -0.570. The first kappa shape index (κ1) is 5.56. The van der Waals surface area contributed by atoms with Gasteiger partial charge < -0.3 is 10.0 Å². The molecule has 0 saturated heterocycles. The molecule has 0 atom stereocenters. The van der Waals surface area contributed by atoms with Gasteiger partial charge in [-0.05, 0) is 23.4 Å². The van der Waals surface area contributed by atoms with Gasteiger partial charge in [0, 0.05) is 7.05 Å². The molecule has 0 unspecified atom stereocenters. The van der Waals surface area contributed by atoms with E-state index >= 15 is 0 Å². The number of rotatable bonds is 0. The summed E-state index contributed by atoms with van der Waals surface area (Å²) in [6.07, 6.45) is 3.80. The number of nitrogens with two attached hydrogens (primary N) is 1. The molecule has 0 fully saturated rings. The molecule has 0 saturated carbocycles. The average molecular weight is 128 g/mol. The van der Waals surface area contributed by atoms with Crippen molar-refractivity contribution in [1.82, 2.24) is 4.31 Å². The molecule has 1 heterocycles. The summed E-state index contributed by atoms with van der Waals surface area (Å²) >= 11 is 1.59. The zero-order valence-electron chi connectivity index (χ0n) is 4.66. The van der Waals surface area contributed by atoms with E-state index in [2.05, 4.69) is 0 Å². The molecule has 0 amide bonds. The quantitative estimate of drug-likeness (QED) is 0.491. The summed E-state index contributed by atoms with van der Waals surface area (Å²) in [6.45, 7) is 0. The van der Waals surface area contributed by atoms with Gasteiger partial charge in [-0.3, -0.25) is 0 Å². The average Bonchev–Trinajstić information content (AvgIpc) is 1.77. The summed E-state index contributed by atoms with van der Waals surface area (Å²) in [6, 6.07) is 0. The second kappa shape index (κ2) is 2.13. The van der Waals surface area contributed by atoms with Crippen LogP contribution in [0.2, 0.25) is 0 Å². The summed E-state index contributed by atoms with van der Waals surface area (Å²) in [4.78, 5) is 0. The lowest BCUT2D eigenvalue weighted by Gasteiger charge is -2.16. The summed E-state index contributed by atoms with van der Waals surface area (Å²) in [5.41, 5.74) is 5.49. The van der Waals surface area contributed by atoms with Crippen molar-refractivity contribution in [1.29, 1.82) is 0 Å². The van der Waals surface area contributed by atoms with Gasteiger partial charge in [0.2, 0.25) is 0 Å². The van der Waals surface area contributed by atoms with Crippen LogP contribution in [0.4, 0.5) is 0 Å². The first-order valence-electron chi connectivity index (χ1n) is 2.33. The lowest BCUT2D eigenvalue weighted by atomic mass is 10.5. The van der Waals surface area contributed by atoms with Crippen LogP contribution >= 0.6 is 11.9 Å². The second-order valence-corrected chi connectivity index (χ2v) is 2.55. The zero-order valence-corrected chi connectivity index (χ0v) is 5.48. The van der Waals surface area contributed by atoms with E-state index in [0.717, 1.165) is 5.82 Å². The minimum absolute atomic E-state index is 0.803. The molecule has 1 rings (SSSR count). The van der Waals surface area contributed by atoms with Gasteiger partial charge in [-0.2, -0.15) is 0 Å². The number of allylic oxidation sites excluding steroid dienone is 2. The number of nitrogens with zero attached hydrogens (tertiary/aromatic N) is 1. The minimum atomic E-state index is 0.803. The normalized spacial score (nSPS) is 18.6. The molecule has 1 aliphatic heterocycles. The van der Waals surface area contributed by atoms with Gasteiger partial charge in [-0.25, -0.2) is 0 Å². The maximum absolute atomic E-state index is 5.49.